The molecule has 0 amide bonds. The molecule has 0 spiro atoms. The van der Waals surface area contributed by atoms with Crippen molar-refractivity contribution < 1.29 is 4.42 Å². The van der Waals surface area contributed by atoms with Gasteiger partial charge in [0.15, 0.2) is 0 Å². The summed E-state index contributed by atoms with van der Waals surface area (Å²) < 4.78 is 5.64. The minimum absolute atomic E-state index is 0.449. The van der Waals surface area contributed by atoms with E-state index in [0.717, 1.165) is 11.5 Å². The maximum Gasteiger partial charge on any atom is 0.129 e. The minimum atomic E-state index is 0.449. The van der Waals surface area contributed by atoms with Crippen LogP contribution in [0.3, 0.4) is 0 Å². The maximum absolute atomic E-state index is 5.64. The summed E-state index contributed by atoms with van der Waals surface area (Å²) in [6.07, 6.45) is 5.57. The highest BCUT2D eigenvalue weighted by Gasteiger charge is 2.07. The Kier molecular flexibility index (Phi) is 3.13. The molecule has 0 bridgehead atoms. The van der Waals surface area contributed by atoms with E-state index < -0.39 is 0 Å². The maximum atomic E-state index is 5.64. The van der Waals surface area contributed by atoms with Crippen molar-refractivity contribution >= 4 is 6.08 Å². The van der Waals surface area contributed by atoms with E-state index in [9.17, 15) is 0 Å². The van der Waals surface area contributed by atoms with Crippen LogP contribution in [-0.4, -0.2) is 0 Å². The summed E-state index contributed by atoms with van der Waals surface area (Å²) in [6.45, 7) is 9.92. The minimum Gasteiger partial charge on any atom is -0.461 e. The molecule has 0 saturated heterocycles. The standard InChI is InChI=1S/C12H16O/c1-5-6-7-11-10(4)8-12(13-11)9(2)3/h5-9H,1H2,2-4H3/b7-6-. The van der Waals surface area contributed by atoms with E-state index in [4.69, 9.17) is 4.42 Å². The molecule has 0 N–H and O–H groups in total. The van der Waals surface area contributed by atoms with Crippen LogP contribution in [0.4, 0.5) is 0 Å². The lowest BCUT2D eigenvalue weighted by Crippen LogP contribution is -1.80. The summed E-state index contributed by atoms with van der Waals surface area (Å²) in [4.78, 5) is 0. The predicted octanol–water partition coefficient (Wildman–Crippen LogP) is 3.91. The smallest absolute Gasteiger partial charge is 0.129 e. The van der Waals surface area contributed by atoms with E-state index in [1.54, 1.807) is 6.08 Å². The summed E-state index contributed by atoms with van der Waals surface area (Å²) in [7, 11) is 0. The molecule has 0 aliphatic rings. The van der Waals surface area contributed by atoms with E-state index in [1.807, 2.05) is 12.2 Å². The fraction of sp³-hybridized carbons (Fsp3) is 0.333. The van der Waals surface area contributed by atoms with E-state index in [1.165, 1.54) is 5.56 Å². The Morgan fingerprint density at radius 1 is 1.46 bits per heavy atom. The van der Waals surface area contributed by atoms with Gasteiger partial charge in [0.2, 0.25) is 0 Å². The molecule has 1 nitrogen and oxygen atoms in total. The van der Waals surface area contributed by atoms with Crippen molar-refractivity contribution in [1.29, 1.82) is 0 Å². The normalized spacial score (nSPS) is 11.4. The molecule has 0 radical (unpaired) electrons. The molecule has 1 heterocycles. The Morgan fingerprint density at radius 2 is 2.15 bits per heavy atom. The largest absolute Gasteiger partial charge is 0.461 e. The van der Waals surface area contributed by atoms with Crippen molar-refractivity contribution in [2.75, 3.05) is 0 Å². The van der Waals surface area contributed by atoms with Gasteiger partial charge >= 0.3 is 0 Å². The van der Waals surface area contributed by atoms with Crippen LogP contribution in [0, 0.1) is 6.92 Å². The number of rotatable bonds is 3. The third kappa shape index (κ3) is 2.35. The molecule has 1 aromatic heterocycles. The second-order valence-electron chi connectivity index (χ2n) is 3.45. The zero-order valence-corrected chi connectivity index (χ0v) is 8.50. The van der Waals surface area contributed by atoms with E-state index >= 15 is 0 Å². The summed E-state index contributed by atoms with van der Waals surface area (Å²) >= 11 is 0. The molecule has 0 aromatic carbocycles. The lowest BCUT2D eigenvalue weighted by atomic mass is 10.1. The molecule has 0 fully saturated rings. The van der Waals surface area contributed by atoms with Crippen LogP contribution >= 0.6 is 0 Å². The molecule has 0 unspecified atom stereocenters. The van der Waals surface area contributed by atoms with Gasteiger partial charge < -0.3 is 4.42 Å². The van der Waals surface area contributed by atoms with Crippen LogP contribution in [-0.2, 0) is 0 Å². The molecular formula is C12H16O. The van der Waals surface area contributed by atoms with Gasteiger partial charge in [-0.1, -0.05) is 32.6 Å². The highest BCUT2D eigenvalue weighted by atomic mass is 16.3. The molecule has 0 saturated carbocycles. The Hall–Kier alpha value is -1.24. The van der Waals surface area contributed by atoms with Crippen molar-refractivity contribution in [1.82, 2.24) is 0 Å². The Morgan fingerprint density at radius 3 is 2.62 bits per heavy atom. The first-order valence-electron chi connectivity index (χ1n) is 4.54. The summed E-state index contributed by atoms with van der Waals surface area (Å²) in [5.41, 5.74) is 1.18. The van der Waals surface area contributed by atoms with Crippen molar-refractivity contribution in [3.8, 4) is 0 Å². The van der Waals surface area contributed by atoms with Gasteiger partial charge in [-0.2, -0.15) is 0 Å². The lowest BCUT2D eigenvalue weighted by Gasteiger charge is -1.96. The fourth-order valence-corrected chi connectivity index (χ4v) is 1.13. The summed E-state index contributed by atoms with van der Waals surface area (Å²) in [6, 6.07) is 2.09. The third-order valence-corrected chi connectivity index (χ3v) is 1.93. The van der Waals surface area contributed by atoms with Gasteiger partial charge in [-0.05, 0) is 24.6 Å². The summed E-state index contributed by atoms with van der Waals surface area (Å²) in [5, 5.41) is 0. The van der Waals surface area contributed by atoms with Gasteiger partial charge in [-0.25, -0.2) is 0 Å². The number of allylic oxidation sites excluding steroid dienone is 2. The van der Waals surface area contributed by atoms with Crippen LogP contribution in [0.25, 0.3) is 6.08 Å². The van der Waals surface area contributed by atoms with Gasteiger partial charge in [-0.15, -0.1) is 0 Å². The topological polar surface area (TPSA) is 13.1 Å². The molecule has 0 aliphatic carbocycles. The zero-order chi connectivity index (χ0) is 9.84. The third-order valence-electron chi connectivity index (χ3n) is 1.93. The number of hydrogen-bond acceptors (Lipinski definition) is 1. The van der Waals surface area contributed by atoms with Gasteiger partial charge in [-0.3, -0.25) is 0 Å². The van der Waals surface area contributed by atoms with Gasteiger partial charge in [0.25, 0.3) is 0 Å². The van der Waals surface area contributed by atoms with E-state index in [-0.39, 0.29) is 0 Å². The SMILES string of the molecule is C=C/C=C\c1oc(C(C)C)cc1C. The van der Waals surface area contributed by atoms with Gasteiger partial charge in [0.05, 0.1) is 0 Å². The Balaban J connectivity index is 2.96. The van der Waals surface area contributed by atoms with Gasteiger partial charge in [0.1, 0.15) is 11.5 Å². The van der Waals surface area contributed by atoms with Gasteiger partial charge in [0, 0.05) is 5.92 Å². The van der Waals surface area contributed by atoms with Crippen LogP contribution in [0.15, 0.2) is 29.2 Å². The number of aryl methyl sites for hydroxylation is 1. The van der Waals surface area contributed by atoms with Crippen LogP contribution in [0.5, 0.6) is 0 Å². The molecular weight excluding hydrogens is 160 g/mol. The molecule has 70 valence electrons. The fourth-order valence-electron chi connectivity index (χ4n) is 1.13. The second-order valence-corrected chi connectivity index (χ2v) is 3.45. The van der Waals surface area contributed by atoms with Crippen molar-refractivity contribution in [2.24, 2.45) is 0 Å². The Bertz CT molecular complexity index is 316. The first-order valence-corrected chi connectivity index (χ1v) is 4.54. The monoisotopic (exact) mass is 176 g/mol. The zero-order valence-electron chi connectivity index (χ0n) is 8.50. The van der Waals surface area contributed by atoms with Crippen LogP contribution < -0.4 is 0 Å². The molecule has 0 atom stereocenters. The molecule has 1 heteroatoms. The average molecular weight is 176 g/mol. The number of furan rings is 1. The molecule has 13 heavy (non-hydrogen) atoms. The molecule has 1 rings (SSSR count). The molecule has 0 aliphatic heterocycles. The van der Waals surface area contributed by atoms with Crippen LogP contribution in [0.1, 0.15) is 36.8 Å². The first-order chi connectivity index (χ1) is 6.15. The lowest BCUT2D eigenvalue weighted by molar-refractivity contribution is 0.479. The highest BCUT2D eigenvalue weighted by Crippen LogP contribution is 2.22. The van der Waals surface area contributed by atoms with Crippen molar-refractivity contribution in [3.63, 3.8) is 0 Å². The van der Waals surface area contributed by atoms with Crippen molar-refractivity contribution in [3.05, 3.63) is 41.9 Å². The van der Waals surface area contributed by atoms with E-state index in [2.05, 4.69) is 33.4 Å². The molecule has 1 aromatic rings. The predicted molar refractivity (Wildman–Crippen MR) is 56.8 cm³/mol. The highest BCUT2D eigenvalue weighted by molar-refractivity contribution is 5.49. The van der Waals surface area contributed by atoms with Crippen molar-refractivity contribution in [2.45, 2.75) is 26.7 Å². The number of hydrogen-bond donors (Lipinski definition) is 0. The first kappa shape index (κ1) is 9.85. The van der Waals surface area contributed by atoms with Crippen LogP contribution in [0.2, 0.25) is 0 Å². The second kappa shape index (κ2) is 4.13. The average Bonchev–Trinajstić information content (AvgIpc) is 2.44. The quantitative estimate of drug-likeness (QED) is 0.636. The summed E-state index contributed by atoms with van der Waals surface area (Å²) in [5.74, 6) is 2.43. The van der Waals surface area contributed by atoms with E-state index in [0.29, 0.717) is 5.92 Å². The Labute approximate surface area is 79.8 Å².